The summed E-state index contributed by atoms with van der Waals surface area (Å²) >= 11 is 1.83. The molecule has 0 unspecified atom stereocenters. The standard InChI is InChI=1S/C16H24O3S/c1-16(2,20-3)10-7-11-19-15(17)13-18-12-14-8-5-4-6-9-14/h4-6,8-9H,7,10-13H2,1-3H3. The van der Waals surface area contributed by atoms with Crippen molar-refractivity contribution in [1.82, 2.24) is 0 Å². The minimum atomic E-state index is -0.289. The minimum absolute atomic E-state index is 0.0147. The summed E-state index contributed by atoms with van der Waals surface area (Å²) in [5.74, 6) is -0.289. The van der Waals surface area contributed by atoms with Gasteiger partial charge in [0.05, 0.1) is 13.2 Å². The summed E-state index contributed by atoms with van der Waals surface area (Å²) < 4.78 is 10.7. The van der Waals surface area contributed by atoms with Crippen molar-refractivity contribution >= 4 is 17.7 Å². The molecule has 0 fully saturated rings. The Bertz CT molecular complexity index is 390. The molecule has 1 aromatic rings. The maximum Gasteiger partial charge on any atom is 0.332 e. The lowest BCUT2D eigenvalue weighted by atomic mass is 10.1. The van der Waals surface area contributed by atoms with Gasteiger partial charge in [-0.2, -0.15) is 11.8 Å². The Morgan fingerprint density at radius 3 is 2.60 bits per heavy atom. The average Bonchev–Trinajstić information content (AvgIpc) is 2.45. The van der Waals surface area contributed by atoms with Crippen molar-refractivity contribution < 1.29 is 14.3 Å². The molecule has 0 aromatic heterocycles. The second-order valence-corrected chi connectivity index (χ2v) is 6.78. The van der Waals surface area contributed by atoms with E-state index >= 15 is 0 Å². The highest BCUT2D eigenvalue weighted by Gasteiger charge is 2.15. The molecule has 0 N–H and O–H groups in total. The number of hydrogen-bond donors (Lipinski definition) is 0. The van der Waals surface area contributed by atoms with Gasteiger partial charge in [-0.05, 0) is 24.7 Å². The molecule has 0 spiro atoms. The van der Waals surface area contributed by atoms with E-state index in [0.29, 0.717) is 13.2 Å². The van der Waals surface area contributed by atoms with Crippen LogP contribution in [0.3, 0.4) is 0 Å². The highest BCUT2D eigenvalue weighted by molar-refractivity contribution is 7.99. The van der Waals surface area contributed by atoms with Gasteiger partial charge in [0.2, 0.25) is 0 Å². The van der Waals surface area contributed by atoms with Crippen molar-refractivity contribution in [3.63, 3.8) is 0 Å². The number of benzene rings is 1. The summed E-state index contributed by atoms with van der Waals surface area (Å²) in [5, 5.41) is 0. The molecule has 1 rings (SSSR count). The van der Waals surface area contributed by atoms with Crippen molar-refractivity contribution in [3.05, 3.63) is 35.9 Å². The van der Waals surface area contributed by atoms with E-state index in [-0.39, 0.29) is 17.3 Å². The van der Waals surface area contributed by atoms with E-state index in [1.165, 1.54) is 0 Å². The maximum atomic E-state index is 11.5. The van der Waals surface area contributed by atoms with Crippen LogP contribution in [0.5, 0.6) is 0 Å². The SMILES string of the molecule is CSC(C)(C)CCCOC(=O)COCc1ccccc1. The van der Waals surface area contributed by atoms with Gasteiger partial charge in [-0.1, -0.05) is 44.2 Å². The quantitative estimate of drug-likeness (QED) is 0.514. The fraction of sp³-hybridized carbons (Fsp3) is 0.562. The molecule has 0 saturated carbocycles. The maximum absolute atomic E-state index is 11.5. The molecule has 3 nitrogen and oxygen atoms in total. The van der Waals surface area contributed by atoms with Crippen LogP contribution in [0.25, 0.3) is 0 Å². The van der Waals surface area contributed by atoms with Crippen LogP contribution in [0, 0.1) is 0 Å². The first-order valence-electron chi connectivity index (χ1n) is 6.86. The average molecular weight is 296 g/mol. The van der Waals surface area contributed by atoms with Gasteiger partial charge in [0.15, 0.2) is 0 Å². The Hall–Kier alpha value is -1.00. The molecule has 1 aromatic carbocycles. The normalized spacial score (nSPS) is 11.3. The van der Waals surface area contributed by atoms with Gasteiger partial charge < -0.3 is 9.47 Å². The summed E-state index contributed by atoms with van der Waals surface area (Å²) in [6, 6.07) is 9.79. The summed E-state index contributed by atoms with van der Waals surface area (Å²) in [6.07, 6.45) is 4.02. The summed E-state index contributed by atoms with van der Waals surface area (Å²) in [7, 11) is 0. The molecular weight excluding hydrogens is 272 g/mol. The lowest BCUT2D eigenvalue weighted by Crippen LogP contribution is -2.17. The Balaban J connectivity index is 2.06. The lowest BCUT2D eigenvalue weighted by Gasteiger charge is -2.21. The minimum Gasteiger partial charge on any atom is -0.464 e. The third-order valence-corrected chi connectivity index (χ3v) is 4.38. The van der Waals surface area contributed by atoms with Gasteiger partial charge in [0, 0.05) is 4.75 Å². The van der Waals surface area contributed by atoms with Gasteiger partial charge in [0.25, 0.3) is 0 Å². The Morgan fingerprint density at radius 2 is 1.95 bits per heavy atom. The first kappa shape index (κ1) is 17.1. The highest BCUT2D eigenvalue weighted by atomic mass is 32.2. The molecule has 112 valence electrons. The Kier molecular flexibility index (Phi) is 7.70. The van der Waals surface area contributed by atoms with Crippen molar-refractivity contribution in [2.24, 2.45) is 0 Å². The molecule has 0 atom stereocenters. The van der Waals surface area contributed by atoms with Gasteiger partial charge >= 0.3 is 5.97 Å². The molecule has 0 bridgehead atoms. The van der Waals surface area contributed by atoms with Crippen LogP contribution in [0.15, 0.2) is 30.3 Å². The number of carbonyl (C=O) groups is 1. The molecule has 0 saturated heterocycles. The fourth-order valence-electron chi connectivity index (χ4n) is 1.65. The molecule has 0 aliphatic carbocycles. The zero-order chi connectivity index (χ0) is 14.8. The number of thioether (sulfide) groups is 1. The van der Waals surface area contributed by atoms with Crippen LogP contribution >= 0.6 is 11.8 Å². The van der Waals surface area contributed by atoms with Gasteiger partial charge in [-0.3, -0.25) is 0 Å². The zero-order valence-electron chi connectivity index (χ0n) is 12.6. The van der Waals surface area contributed by atoms with E-state index in [4.69, 9.17) is 9.47 Å². The second kappa shape index (κ2) is 9.03. The van der Waals surface area contributed by atoms with Crippen molar-refractivity contribution in [2.45, 2.75) is 38.0 Å². The molecule has 0 heterocycles. The number of esters is 1. The van der Waals surface area contributed by atoms with E-state index in [9.17, 15) is 4.79 Å². The molecule has 20 heavy (non-hydrogen) atoms. The van der Waals surface area contributed by atoms with Gasteiger partial charge in [-0.25, -0.2) is 4.79 Å². The smallest absolute Gasteiger partial charge is 0.332 e. The predicted octanol–water partition coefficient (Wildman–Crippen LogP) is 3.67. The van der Waals surface area contributed by atoms with E-state index in [1.54, 1.807) is 0 Å². The molecule has 4 heteroatoms. The van der Waals surface area contributed by atoms with Crippen LogP contribution in [-0.2, 0) is 20.9 Å². The van der Waals surface area contributed by atoms with E-state index in [0.717, 1.165) is 18.4 Å². The number of rotatable bonds is 9. The van der Waals surface area contributed by atoms with Crippen LogP contribution in [-0.4, -0.2) is 30.2 Å². The van der Waals surface area contributed by atoms with E-state index in [1.807, 2.05) is 42.1 Å². The molecule has 0 amide bonds. The van der Waals surface area contributed by atoms with Crippen molar-refractivity contribution in [1.29, 1.82) is 0 Å². The molecular formula is C16H24O3S. The summed E-state index contributed by atoms with van der Waals surface area (Å²) in [4.78, 5) is 11.5. The zero-order valence-corrected chi connectivity index (χ0v) is 13.4. The number of carbonyl (C=O) groups excluding carboxylic acids is 1. The number of hydrogen-bond acceptors (Lipinski definition) is 4. The van der Waals surface area contributed by atoms with Gasteiger partial charge in [0.1, 0.15) is 6.61 Å². The molecule has 0 radical (unpaired) electrons. The van der Waals surface area contributed by atoms with Crippen LogP contribution < -0.4 is 0 Å². The first-order valence-corrected chi connectivity index (χ1v) is 8.08. The van der Waals surface area contributed by atoms with Crippen LogP contribution in [0.2, 0.25) is 0 Å². The molecule has 0 aliphatic rings. The lowest BCUT2D eigenvalue weighted by molar-refractivity contribution is -0.149. The topological polar surface area (TPSA) is 35.5 Å². The van der Waals surface area contributed by atoms with E-state index in [2.05, 4.69) is 20.1 Å². The molecule has 0 aliphatic heterocycles. The first-order chi connectivity index (χ1) is 9.53. The fourth-order valence-corrected chi connectivity index (χ4v) is 2.00. The number of ether oxygens (including phenoxy) is 2. The highest BCUT2D eigenvalue weighted by Crippen LogP contribution is 2.26. The van der Waals surface area contributed by atoms with Crippen molar-refractivity contribution in [2.75, 3.05) is 19.5 Å². The predicted molar refractivity (Wildman–Crippen MR) is 83.9 cm³/mol. The second-order valence-electron chi connectivity index (χ2n) is 5.27. The largest absolute Gasteiger partial charge is 0.464 e. The summed E-state index contributed by atoms with van der Waals surface area (Å²) in [6.45, 7) is 5.32. The van der Waals surface area contributed by atoms with Crippen LogP contribution in [0.1, 0.15) is 32.3 Å². The summed E-state index contributed by atoms with van der Waals surface area (Å²) in [5.41, 5.74) is 1.06. The Morgan fingerprint density at radius 1 is 1.25 bits per heavy atom. The van der Waals surface area contributed by atoms with Gasteiger partial charge in [-0.15, -0.1) is 0 Å². The van der Waals surface area contributed by atoms with Crippen LogP contribution in [0.4, 0.5) is 0 Å². The van der Waals surface area contributed by atoms with E-state index < -0.39 is 0 Å². The monoisotopic (exact) mass is 296 g/mol. The third-order valence-electron chi connectivity index (χ3n) is 3.07. The van der Waals surface area contributed by atoms with Crippen molar-refractivity contribution in [3.8, 4) is 0 Å². The third kappa shape index (κ3) is 7.56. The Labute approximate surface area is 126 Å².